The first-order chi connectivity index (χ1) is 10.7. The predicted octanol–water partition coefficient (Wildman–Crippen LogP) is 3.89. The molecular formula is C17H21Cl2NO3. The van der Waals surface area contributed by atoms with E-state index in [1.807, 2.05) is 26.0 Å². The maximum atomic E-state index is 12.3. The molecule has 0 aliphatic heterocycles. The van der Waals surface area contributed by atoms with Crippen LogP contribution in [-0.2, 0) is 15.0 Å². The average Bonchev–Trinajstić information content (AvgIpc) is 2.97. The van der Waals surface area contributed by atoms with Crippen LogP contribution in [0.4, 0.5) is 0 Å². The molecule has 0 bridgehead atoms. The molecule has 4 nitrogen and oxygen atoms in total. The van der Waals surface area contributed by atoms with E-state index in [0.717, 1.165) is 5.56 Å². The topological polar surface area (TPSA) is 66.4 Å². The summed E-state index contributed by atoms with van der Waals surface area (Å²) in [4.78, 5) is 23.2. The third-order valence-electron chi connectivity index (χ3n) is 4.56. The summed E-state index contributed by atoms with van der Waals surface area (Å²) >= 11 is 12.0. The average molecular weight is 358 g/mol. The lowest BCUT2D eigenvalue weighted by atomic mass is 9.84. The van der Waals surface area contributed by atoms with Crippen molar-refractivity contribution in [1.82, 2.24) is 5.32 Å². The number of amides is 1. The Morgan fingerprint density at radius 1 is 1.22 bits per heavy atom. The molecule has 0 heterocycles. The van der Waals surface area contributed by atoms with Crippen LogP contribution >= 0.6 is 23.2 Å². The molecule has 1 aromatic rings. The Labute approximate surface area is 146 Å². The second-order valence-corrected chi connectivity index (χ2v) is 7.59. The summed E-state index contributed by atoms with van der Waals surface area (Å²) in [6.45, 7) is 4.49. The first kappa shape index (κ1) is 18.1. The summed E-state index contributed by atoms with van der Waals surface area (Å²) in [6.07, 6.45) is 1.63. The summed E-state index contributed by atoms with van der Waals surface area (Å²) < 4.78 is 0. The summed E-state index contributed by atoms with van der Waals surface area (Å²) in [5.41, 5.74) is 0.691. The van der Waals surface area contributed by atoms with Crippen LogP contribution in [0.3, 0.4) is 0 Å². The van der Waals surface area contributed by atoms with E-state index >= 15 is 0 Å². The number of rotatable bonds is 5. The summed E-state index contributed by atoms with van der Waals surface area (Å²) in [5, 5.41) is 13.0. The van der Waals surface area contributed by atoms with E-state index in [9.17, 15) is 9.59 Å². The van der Waals surface area contributed by atoms with Gasteiger partial charge in [0.25, 0.3) is 0 Å². The fourth-order valence-corrected chi connectivity index (χ4v) is 3.21. The van der Waals surface area contributed by atoms with Crippen LogP contribution in [0.15, 0.2) is 18.2 Å². The van der Waals surface area contributed by atoms with Gasteiger partial charge in [-0.3, -0.25) is 9.59 Å². The molecule has 1 saturated carbocycles. The van der Waals surface area contributed by atoms with Gasteiger partial charge in [-0.2, -0.15) is 0 Å². The highest BCUT2D eigenvalue weighted by Gasteiger charge is 2.34. The molecule has 2 N–H and O–H groups in total. The standard InChI is InChI=1S/C17H21Cl2NO3/c1-17(2,12-5-6-13(18)14(19)8-12)9-20-15(21)10-3-4-11(7-10)16(22)23/h5-6,8,10-11H,3-4,7,9H2,1-2H3,(H,20,21)(H,22,23)/t10-,11+/m1/s1. The third-order valence-corrected chi connectivity index (χ3v) is 5.30. The van der Waals surface area contributed by atoms with Gasteiger partial charge in [0.05, 0.1) is 16.0 Å². The summed E-state index contributed by atoms with van der Waals surface area (Å²) in [6, 6.07) is 5.46. The minimum absolute atomic E-state index is 0.0677. The number of halogens is 2. The molecule has 6 heteroatoms. The minimum Gasteiger partial charge on any atom is -0.481 e. The lowest BCUT2D eigenvalue weighted by Crippen LogP contribution is -2.39. The van der Waals surface area contributed by atoms with E-state index in [1.54, 1.807) is 6.07 Å². The normalized spacial score (nSPS) is 21.2. The van der Waals surface area contributed by atoms with Crippen molar-refractivity contribution in [2.24, 2.45) is 11.8 Å². The second kappa shape index (κ2) is 7.10. The van der Waals surface area contributed by atoms with E-state index in [-0.39, 0.29) is 17.2 Å². The maximum Gasteiger partial charge on any atom is 0.306 e. The van der Waals surface area contributed by atoms with Crippen molar-refractivity contribution >= 4 is 35.1 Å². The van der Waals surface area contributed by atoms with Gasteiger partial charge in [-0.05, 0) is 37.0 Å². The number of carbonyl (C=O) groups excluding carboxylic acids is 1. The van der Waals surface area contributed by atoms with Crippen molar-refractivity contribution in [2.45, 2.75) is 38.5 Å². The Kier molecular flexibility index (Phi) is 5.58. The Morgan fingerprint density at radius 3 is 2.43 bits per heavy atom. The highest BCUT2D eigenvalue weighted by atomic mass is 35.5. The van der Waals surface area contributed by atoms with Gasteiger partial charge < -0.3 is 10.4 Å². The Balaban J connectivity index is 1.95. The van der Waals surface area contributed by atoms with Crippen LogP contribution in [0.2, 0.25) is 10.0 Å². The van der Waals surface area contributed by atoms with Gasteiger partial charge >= 0.3 is 5.97 Å². The largest absolute Gasteiger partial charge is 0.481 e. The molecule has 1 amide bonds. The van der Waals surface area contributed by atoms with Gasteiger partial charge in [-0.1, -0.05) is 43.1 Å². The molecule has 1 aliphatic rings. The number of carbonyl (C=O) groups is 2. The smallest absolute Gasteiger partial charge is 0.306 e. The van der Waals surface area contributed by atoms with Crippen LogP contribution < -0.4 is 5.32 Å². The molecule has 126 valence electrons. The van der Waals surface area contributed by atoms with Crippen molar-refractivity contribution in [3.05, 3.63) is 33.8 Å². The highest BCUT2D eigenvalue weighted by molar-refractivity contribution is 6.42. The van der Waals surface area contributed by atoms with Gasteiger partial charge in [0, 0.05) is 17.9 Å². The second-order valence-electron chi connectivity index (χ2n) is 6.78. The molecule has 0 radical (unpaired) electrons. The summed E-state index contributed by atoms with van der Waals surface area (Å²) in [5.74, 6) is -1.48. The van der Waals surface area contributed by atoms with Crippen LogP contribution in [-0.4, -0.2) is 23.5 Å². The number of benzene rings is 1. The highest BCUT2D eigenvalue weighted by Crippen LogP contribution is 2.32. The van der Waals surface area contributed by atoms with Gasteiger partial charge in [-0.25, -0.2) is 0 Å². The Morgan fingerprint density at radius 2 is 1.87 bits per heavy atom. The van der Waals surface area contributed by atoms with Crippen molar-refractivity contribution in [3.63, 3.8) is 0 Å². The molecular weight excluding hydrogens is 337 g/mol. The molecule has 2 atom stereocenters. The predicted molar refractivity (Wildman–Crippen MR) is 91.0 cm³/mol. The van der Waals surface area contributed by atoms with Gasteiger partial charge in [-0.15, -0.1) is 0 Å². The van der Waals surface area contributed by atoms with E-state index in [1.165, 1.54) is 0 Å². The molecule has 0 spiro atoms. The first-order valence-electron chi connectivity index (χ1n) is 7.67. The quantitative estimate of drug-likeness (QED) is 0.839. The Hall–Kier alpha value is -1.26. The number of hydrogen-bond acceptors (Lipinski definition) is 2. The SMILES string of the molecule is CC(C)(CNC(=O)[C@@H]1CC[C@H](C(=O)O)C1)c1ccc(Cl)c(Cl)c1. The van der Waals surface area contributed by atoms with Crippen LogP contribution in [0.1, 0.15) is 38.7 Å². The third kappa shape index (κ3) is 4.39. The molecule has 0 aromatic heterocycles. The van der Waals surface area contributed by atoms with Crippen LogP contribution in [0, 0.1) is 11.8 Å². The van der Waals surface area contributed by atoms with E-state index in [2.05, 4.69) is 5.32 Å². The van der Waals surface area contributed by atoms with E-state index < -0.39 is 11.9 Å². The Bertz CT molecular complexity index is 616. The number of carboxylic acid groups (broad SMARTS) is 1. The zero-order chi connectivity index (χ0) is 17.2. The number of nitrogens with one attached hydrogen (secondary N) is 1. The minimum atomic E-state index is -0.809. The zero-order valence-corrected chi connectivity index (χ0v) is 14.7. The lowest BCUT2D eigenvalue weighted by molar-refractivity contribution is -0.141. The zero-order valence-electron chi connectivity index (χ0n) is 13.2. The van der Waals surface area contributed by atoms with Gasteiger partial charge in [0.2, 0.25) is 5.91 Å². The number of aliphatic carboxylic acids is 1. The number of carboxylic acids is 1. The molecule has 1 fully saturated rings. The first-order valence-corrected chi connectivity index (χ1v) is 8.42. The fraction of sp³-hybridized carbons (Fsp3) is 0.529. The van der Waals surface area contributed by atoms with Crippen molar-refractivity contribution in [1.29, 1.82) is 0 Å². The molecule has 1 aromatic carbocycles. The molecule has 23 heavy (non-hydrogen) atoms. The van der Waals surface area contributed by atoms with Gasteiger partial charge in [0.1, 0.15) is 0 Å². The van der Waals surface area contributed by atoms with E-state index in [0.29, 0.717) is 35.9 Å². The molecule has 2 rings (SSSR count). The lowest BCUT2D eigenvalue weighted by Gasteiger charge is -2.27. The monoisotopic (exact) mass is 357 g/mol. The van der Waals surface area contributed by atoms with Crippen molar-refractivity contribution in [3.8, 4) is 0 Å². The maximum absolute atomic E-state index is 12.3. The van der Waals surface area contributed by atoms with Crippen LogP contribution in [0.5, 0.6) is 0 Å². The summed E-state index contributed by atoms with van der Waals surface area (Å²) in [7, 11) is 0. The number of hydrogen-bond donors (Lipinski definition) is 2. The van der Waals surface area contributed by atoms with E-state index in [4.69, 9.17) is 28.3 Å². The van der Waals surface area contributed by atoms with Crippen LogP contribution in [0.25, 0.3) is 0 Å². The molecule has 0 unspecified atom stereocenters. The van der Waals surface area contributed by atoms with Gasteiger partial charge in [0.15, 0.2) is 0 Å². The van der Waals surface area contributed by atoms with Crippen molar-refractivity contribution in [2.75, 3.05) is 6.54 Å². The molecule has 1 aliphatic carbocycles. The fourth-order valence-electron chi connectivity index (χ4n) is 2.92. The molecule has 0 saturated heterocycles. The van der Waals surface area contributed by atoms with Crippen molar-refractivity contribution < 1.29 is 14.7 Å².